The zero-order chi connectivity index (χ0) is 78.4. The van der Waals surface area contributed by atoms with Crippen molar-refractivity contribution in [1.82, 2.24) is 29.4 Å². The first kappa shape index (κ1) is 83.1. The van der Waals surface area contributed by atoms with Gasteiger partial charge in [-0.05, 0) is 75.6 Å². The van der Waals surface area contributed by atoms with Gasteiger partial charge < -0.3 is 68.1 Å². The van der Waals surface area contributed by atoms with Crippen LogP contribution in [0, 0.1) is 0 Å². The SMILES string of the molecule is O=C(CCCCCN1C(=O)C=CC1=O)OCOC(=O)N(CCO)CCN(C(=O)OCOC(=O)CCCCCN1C(=O)C=CC1=O)c1ccc(N(CCN(CCO)C(=O)OCOC(=O)CCCCCN2C(=O)C=CC2=O)C(=O)OCOC(=O)CCCCCN2C(=O)C=CC2=O)c2c1C(=O)c1c(O)ccc(O)c1C2=O. The Labute approximate surface area is 615 Å². The molecular weight excluding hydrogens is 1430 g/mol. The van der Waals surface area contributed by atoms with Crippen LogP contribution >= 0.6 is 0 Å². The first-order valence-corrected chi connectivity index (χ1v) is 34.4. The van der Waals surface area contributed by atoms with Gasteiger partial charge in [-0.1, -0.05) is 25.7 Å². The number of aliphatic hydroxyl groups excluding tert-OH is 2. The fourth-order valence-electron chi connectivity index (χ4n) is 11.4. The van der Waals surface area contributed by atoms with Crippen molar-refractivity contribution < 1.29 is 145 Å². The first-order chi connectivity index (χ1) is 51.8. The summed E-state index contributed by atoms with van der Waals surface area (Å²) in [6.07, 6.45) is 6.21. The summed E-state index contributed by atoms with van der Waals surface area (Å²) in [5, 5.41) is 42.9. The van der Waals surface area contributed by atoms with E-state index in [-0.39, 0.29) is 77.5 Å². The van der Waals surface area contributed by atoms with Crippen molar-refractivity contribution in [3.63, 3.8) is 0 Å². The van der Waals surface area contributed by atoms with Crippen LogP contribution in [0.4, 0.5) is 30.6 Å². The molecular formula is C70H80N8O30. The van der Waals surface area contributed by atoms with Gasteiger partial charge in [0.1, 0.15) is 11.5 Å². The Balaban J connectivity index is 1.14. The van der Waals surface area contributed by atoms with Crippen molar-refractivity contribution in [1.29, 1.82) is 0 Å². The molecule has 0 atom stereocenters. The molecule has 0 saturated heterocycles. The summed E-state index contributed by atoms with van der Waals surface area (Å²) in [7, 11) is 0. The molecule has 4 aliphatic heterocycles. The molecule has 0 bridgehead atoms. The molecule has 0 aromatic heterocycles. The first-order valence-electron chi connectivity index (χ1n) is 34.4. The summed E-state index contributed by atoms with van der Waals surface area (Å²) in [5.41, 5.74) is -4.67. The number of nitrogens with zero attached hydrogens (tertiary/aromatic N) is 8. The molecule has 5 aliphatic rings. The highest BCUT2D eigenvalue weighted by Gasteiger charge is 2.42. The zero-order valence-electron chi connectivity index (χ0n) is 58.5. The number of ketones is 2. The number of aromatic hydroxyl groups is 2. The molecule has 108 heavy (non-hydrogen) atoms. The molecule has 1 aliphatic carbocycles. The van der Waals surface area contributed by atoms with Crippen molar-refractivity contribution in [2.75, 3.05) is 116 Å². The van der Waals surface area contributed by atoms with Crippen LogP contribution in [0.2, 0.25) is 0 Å². The second-order valence-corrected chi connectivity index (χ2v) is 24.2. The summed E-state index contributed by atoms with van der Waals surface area (Å²) in [4.78, 5) is 241. The minimum Gasteiger partial charge on any atom is -0.507 e. The number of unbranched alkanes of at least 4 members (excludes halogenated alkanes) is 8. The number of hydrogen-bond acceptors (Lipinski definition) is 30. The molecule has 2 aromatic rings. The van der Waals surface area contributed by atoms with Crippen molar-refractivity contribution in [3.8, 4) is 11.5 Å². The third-order valence-electron chi connectivity index (χ3n) is 17.0. The Bertz CT molecular complexity index is 3620. The number of esters is 4. The number of aliphatic hydroxyl groups is 2. The number of fused-ring (bicyclic) bond motifs is 2. The van der Waals surface area contributed by atoms with Gasteiger partial charge in [-0.25, -0.2) is 19.2 Å². The largest absolute Gasteiger partial charge is 0.507 e. The van der Waals surface area contributed by atoms with Gasteiger partial charge in [0.2, 0.25) is 38.7 Å². The Hall–Kier alpha value is -12.2. The van der Waals surface area contributed by atoms with E-state index in [0.717, 1.165) is 102 Å². The average molecular weight is 1510 g/mol. The fraction of sp³-hybridized carbons (Fsp3) is 0.457. The summed E-state index contributed by atoms with van der Waals surface area (Å²) in [5.74, 6) is -11.8. The zero-order valence-corrected chi connectivity index (χ0v) is 58.5. The third-order valence-corrected chi connectivity index (χ3v) is 17.0. The van der Waals surface area contributed by atoms with E-state index in [9.17, 15) is 97.1 Å². The van der Waals surface area contributed by atoms with E-state index >= 15 is 9.59 Å². The average Bonchev–Trinajstić information content (AvgIpc) is 0.856. The molecule has 0 radical (unpaired) electrons. The fourth-order valence-corrected chi connectivity index (χ4v) is 11.4. The lowest BCUT2D eigenvalue weighted by Crippen LogP contribution is -2.45. The van der Waals surface area contributed by atoms with Crippen LogP contribution in [0.1, 0.15) is 135 Å². The molecule has 7 rings (SSSR count). The summed E-state index contributed by atoms with van der Waals surface area (Å²) >= 11 is 0. The molecule has 38 nitrogen and oxygen atoms in total. The van der Waals surface area contributed by atoms with Gasteiger partial charge in [-0.3, -0.25) is 96.5 Å². The van der Waals surface area contributed by atoms with Crippen molar-refractivity contribution in [2.45, 2.75) is 103 Å². The highest BCUT2D eigenvalue weighted by Crippen LogP contribution is 2.45. The van der Waals surface area contributed by atoms with Gasteiger partial charge in [-0.2, -0.15) is 0 Å². The topological polar surface area (TPSA) is 488 Å². The Kier molecular flexibility index (Phi) is 31.9. The van der Waals surface area contributed by atoms with E-state index in [4.69, 9.17) is 37.9 Å². The lowest BCUT2D eigenvalue weighted by Gasteiger charge is -2.33. The summed E-state index contributed by atoms with van der Waals surface area (Å²) in [6, 6.07) is 3.62. The molecule has 4 N–H and O–H groups in total. The maximum Gasteiger partial charge on any atom is 0.417 e. The van der Waals surface area contributed by atoms with E-state index in [1.807, 2.05) is 0 Å². The predicted molar refractivity (Wildman–Crippen MR) is 362 cm³/mol. The molecule has 4 heterocycles. The van der Waals surface area contributed by atoms with Crippen molar-refractivity contribution >= 4 is 118 Å². The Morgan fingerprint density at radius 3 is 0.796 bits per heavy atom. The van der Waals surface area contributed by atoms with Gasteiger partial charge in [0.15, 0.2) is 0 Å². The van der Waals surface area contributed by atoms with Gasteiger partial charge in [0, 0.05) is 140 Å². The van der Waals surface area contributed by atoms with Crippen LogP contribution in [-0.2, 0) is 95.4 Å². The van der Waals surface area contributed by atoms with Crippen LogP contribution in [0.5, 0.6) is 11.5 Å². The predicted octanol–water partition coefficient (Wildman–Crippen LogP) is 2.57. The maximum absolute atomic E-state index is 15.3. The van der Waals surface area contributed by atoms with Crippen molar-refractivity contribution in [2.24, 2.45) is 0 Å². The minimum atomic E-state index is -1.50. The Morgan fingerprint density at radius 1 is 0.296 bits per heavy atom. The van der Waals surface area contributed by atoms with E-state index in [1.165, 1.54) is 0 Å². The molecule has 2 aromatic carbocycles. The minimum absolute atomic E-state index is 0.0645. The quantitative estimate of drug-likeness (QED) is 0.0158. The third kappa shape index (κ3) is 23.4. The number of anilines is 2. The number of carbonyl (C=O) groups excluding carboxylic acids is 18. The summed E-state index contributed by atoms with van der Waals surface area (Å²) < 4.78 is 41.7. The summed E-state index contributed by atoms with van der Waals surface area (Å²) in [6.45, 7) is -9.56. The van der Waals surface area contributed by atoms with Gasteiger partial charge in [0.25, 0.3) is 47.3 Å². The highest BCUT2D eigenvalue weighted by molar-refractivity contribution is 6.34. The lowest BCUT2D eigenvalue weighted by atomic mass is 9.81. The van der Waals surface area contributed by atoms with E-state index in [1.54, 1.807) is 0 Å². The van der Waals surface area contributed by atoms with Crippen LogP contribution in [-0.4, -0.2) is 263 Å². The number of amides is 12. The van der Waals surface area contributed by atoms with Crippen molar-refractivity contribution in [3.05, 3.63) is 95.1 Å². The second kappa shape index (κ2) is 41.5. The van der Waals surface area contributed by atoms with Crippen LogP contribution < -0.4 is 9.80 Å². The number of ether oxygens (including phenoxy) is 8. The van der Waals surface area contributed by atoms with E-state index in [0.29, 0.717) is 61.2 Å². The van der Waals surface area contributed by atoms with Crippen LogP contribution in [0.15, 0.2) is 72.9 Å². The second-order valence-electron chi connectivity index (χ2n) is 24.2. The number of hydrogen-bond donors (Lipinski definition) is 4. The molecule has 0 spiro atoms. The number of imide groups is 4. The number of rotatable bonds is 44. The maximum atomic E-state index is 15.3. The number of carbonyl (C=O) groups is 18. The van der Waals surface area contributed by atoms with Gasteiger partial charge in [0.05, 0.1) is 46.8 Å². The molecule has 38 heteroatoms. The molecule has 0 fully saturated rings. The molecule has 12 amide bonds. The molecule has 0 unspecified atom stereocenters. The number of benzene rings is 2. The molecule has 0 saturated carbocycles. The highest BCUT2D eigenvalue weighted by atomic mass is 16.7. The van der Waals surface area contributed by atoms with Gasteiger partial charge in [-0.15, -0.1) is 0 Å². The molecule has 580 valence electrons. The van der Waals surface area contributed by atoms with Crippen LogP contribution in [0.25, 0.3) is 0 Å². The Morgan fingerprint density at radius 2 is 0.546 bits per heavy atom. The van der Waals surface area contributed by atoms with E-state index in [2.05, 4.69) is 0 Å². The smallest absolute Gasteiger partial charge is 0.417 e. The van der Waals surface area contributed by atoms with Crippen LogP contribution in [0.3, 0.4) is 0 Å². The standard InChI is InChI=1S/C70H80N8O30/c79-39-37-71(67(97)105-41-101-57(91)13-5-1-9-29-75-49(83)21-22-50(75)84)33-35-73(69(99)107-43-103-59(93)15-7-3-11-31-77-53(87)25-26-54(77)88)45-17-18-46(62-61(45)65(95)63-47(81)19-20-48(82)64(63)66(62)96)74(70(100)108-44-104-60(94)16-8-4-12-32-78-55(89)27-28-56(78)90)36-34-72(38-40-80)68(98)106-42-102-58(92)14-6-2-10-30-76-51(85)23-24-52(76)86/h17-28,79-82H,1-16,29-44H2. The van der Waals surface area contributed by atoms with Gasteiger partial charge >= 0.3 is 48.3 Å². The number of phenolic OH excluding ortho intramolecular Hbond substituents is 2. The monoisotopic (exact) mass is 1510 g/mol. The normalized spacial score (nSPS) is 14.1. The van der Waals surface area contributed by atoms with E-state index < -0.39 is 232 Å². The number of phenols is 2. The lowest BCUT2D eigenvalue weighted by molar-refractivity contribution is -0.153.